The molecule has 0 aliphatic rings. The zero-order valence-corrected chi connectivity index (χ0v) is 9.12. The van der Waals surface area contributed by atoms with Crippen LogP contribution in [0, 0.1) is 0 Å². The molecular weight excluding hydrogens is 188 g/mol. The van der Waals surface area contributed by atoms with E-state index in [2.05, 4.69) is 41.7 Å². The molecule has 0 saturated heterocycles. The molecule has 0 aliphatic carbocycles. The second-order valence-electron chi connectivity index (χ2n) is 1.29. The predicted octanol–water partition coefficient (Wildman–Crippen LogP) is 2.98. The van der Waals surface area contributed by atoms with Crippen molar-refractivity contribution in [3.05, 3.63) is 18.9 Å². The Morgan fingerprint density at radius 1 is 1.56 bits per heavy atom. The zero-order valence-electron chi connectivity index (χ0n) is 8.12. The summed E-state index contributed by atoms with van der Waals surface area (Å²) in [6.07, 6.45) is 2.60. The average Bonchev–Trinajstić information content (AvgIpc) is 1.71. The van der Waals surface area contributed by atoms with Crippen LogP contribution >= 0.6 is 15.9 Å². The molecule has 0 heterocycles. The topological polar surface area (TPSA) is 0 Å². The molecule has 52 valence electrons. The number of unbranched alkanes of at least 4 members (excludes halogenated alkanes) is 1. The molecule has 0 radical (unpaired) electrons. The third kappa shape index (κ3) is 52.4. The monoisotopic (exact) mass is 202 g/mol. The van der Waals surface area contributed by atoms with Gasteiger partial charge in [-0.3, -0.25) is 0 Å². The fourth-order valence-electron chi connectivity index (χ4n) is 0.134. The number of hydrogen-bond donors (Lipinski definition) is 0. The first kappa shape index (κ1) is 16.4. The molecule has 0 aliphatic heterocycles. The largest absolute Gasteiger partial charge is 2.00 e. The maximum Gasteiger partial charge on any atom is 2.00 e. The van der Waals surface area contributed by atoms with Crippen LogP contribution in [-0.4, -0.2) is 28.4 Å². The molecule has 0 aromatic rings. The Kier molecular flexibility index (Phi) is 42.4. The Morgan fingerprint density at radius 2 is 1.89 bits per heavy atom. The molecule has 9 heavy (non-hydrogen) atoms. The van der Waals surface area contributed by atoms with Gasteiger partial charge in [0.1, 0.15) is 0 Å². The molecule has 0 amide bonds. The van der Waals surface area contributed by atoms with Gasteiger partial charge in [0.25, 0.3) is 0 Å². The summed E-state index contributed by atoms with van der Waals surface area (Å²) in [5, 5.41) is 1.16. The molecule has 0 atom stereocenters. The van der Waals surface area contributed by atoms with Crippen LogP contribution in [0.4, 0.5) is 0 Å². The average molecular weight is 203 g/mol. The summed E-state index contributed by atoms with van der Waals surface area (Å²) in [6.45, 7) is 8.43. The molecule has 0 unspecified atom stereocenters. The third-order valence-corrected chi connectivity index (χ3v) is 1.05. The first-order valence-electron chi connectivity index (χ1n) is 2.68. The summed E-state index contributed by atoms with van der Waals surface area (Å²) < 4.78 is 0. The second kappa shape index (κ2) is 23.3. The van der Waals surface area contributed by atoms with Gasteiger partial charge in [0, 0.05) is 5.33 Å². The summed E-state index contributed by atoms with van der Waals surface area (Å²) >= 11 is 3.31. The van der Waals surface area contributed by atoms with E-state index in [1.54, 1.807) is 0 Å². The molecule has 0 N–H and O–H groups in total. The first-order chi connectivity index (χ1) is 3.83. The summed E-state index contributed by atoms with van der Waals surface area (Å²) in [4.78, 5) is 0. The number of alkyl halides is 1. The predicted molar refractivity (Wildman–Crippen MR) is 51.4 cm³/mol. The molecule has 0 nitrogen and oxygen atoms in total. The van der Waals surface area contributed by atoms with Crippen molar-refractivity contribution in [2.75, 3.05) is 5.33 Å². The summed E-state index contributed by atoms with van der Waals surface area (Å²) in [6, 6.07) is 0. The van der Waals surface area contributed by atoms with Crippen molar-refractivity contribution in [2.45, 2.75) is 19.8 Å². The Morgan fingerprint density at radius 3 is 1.89 bits per heavy atom. The van der Waals surface area contributed by atoms with Crippen LogP contribution in [0.1, 0.15) is 22.6 Å². The molecule has 0 aromatic carbocycles. The van der Waals surface area contributed by atoms with Gasteiger partial charge in [-0.1, -0.05) is 42.4 Å². The summed E-state index contributed by atoms with van der Waals surface area (Å²) in [5.41, 5.74) is 2.25. The van der Waals surface area contributed by atoms with Gasteiger partial charge in [0.15, 0.2) is 0 Å². The quantitative estimate of drug-likeness (QED) is 0.368. The van der Waals surface area contributed by atoms with Gasteiger partial charge in [0.05, 0.1) is 0 Å². The molecular formula is C7H15BrMg. The maximum atomic E-state index is 3.31. The SMILES string of the molecule is C=C=C.CCCCBr.[H-].[H-].[Mg+2]. The molecule has 0 saturated carbocycles. The Labute approximate surface area is 85.7 Å². The van der Waals surface area contributed by atoms with E-state index < -0.39 is 0 Å². The van der Waals surface area contributed by atoms with Gasteiger partial charge in [-0.05, 0) is 6.42 Å². The van der Waals surface area contributed by atoms with Gasteiger partial charge < -0.3 is 2.85 Å². The van der Waals surface area contributed by atoms with Crippen molar-refractivity contribution < 1.29 is 2.85 Å². The van der Waals surface area contributed by atoms with Crippen LogP contribution in [0.2, 0.25) is 0 Å². The van der Waals surface area contributed by atoms with Crippen molar-refractivity contribution in [1.82, 2.24) is 0 Å². The normalized spacial score (nSPS) is 5.56. The fourth-order valence-corrected chi connectivity index (χ4v) is 0.694. The summed E-state index contributed by atoms with van der Waals surface area (Å²) in [7, 11) is 0. The van der Waals surface area contributed by atoms with E-state index in [0.717, 1.165) is 5.33 Å². The first-order valence-corrected chi connectivity index (χ1v) is 3.80. The van der Waals surface area contributed by atoms with Gasteiger partial charge in [0.2, 0.25) is 0 Å². The number of rotatable bonds is 2. The van der Waals surface area contributed by atoms with E-state index in [4.69, 9.17) is 0 Å². The van der Waals surface area contributed by atoms with E-state index in [-0.39, 0.29) is 25.9 Å². The maximum absolute atomic E-state index is 3.31. The van der Waals surface area contributed by atoms with Crippen LogP contribution in [0.25, 0.3) is 0 Å². The Bertz CT molecular complexity index is 61.5. The minimum absolute atomic E-state index is 0. The number of hydrogen-bond acceptors (Lipinski definition) is 0. The minimum atomic E-state index is 0. The minimum Gasteiger partial charge on any atom is -1.00 e. The number of halogens is 1. The van der Waals surface area contributed by atoms with Crippen molar-refractivity contribution in [3.8, 4) is 0 Å². The molecule has 2 heteroatoms. The van der Waals surface area contributed by atoms with Gasteiger partial charge >= 0.3 is 23.1 Å². The Hall–Kier alpha value is 0.766. The van der Waals surface area contributed by atoms with E-state index in [1.165, 1.54) is 12.8 Å². The van der Waals surface area contributed by atoms with Crippen molar-refractivity contribution in [3.63, 3.8) is 0 Å². The van der Waals surface area contributed by atoms with Crippen LogP contribution < -0.4 is 0 Å². The van der Waals surface area contributed by atoms with Crippen molar-refractivity contribution in [1.29, 1.82) is 0 Å². The van der Waals surface area contributed by atoms with E-state index in [0.29, 0.717) is 0 Å². The van der Waals surface area contributed by atoms with E-state index in [9.17, 15) is 0 Å². The van der Waals surface area contributed by atoms with Crippen molar-refractivity contribution in [2.24, 2.45) is 0 Å². The van der Waals surface area contributed by atoms with Gasteiger partial charge in [-0.15, -0.1) is 5.73 Å². The van der Waals surface area contributed by atoms with E-state index >= 15 is 0 Å². The van der Waals surface area contributed by atoms with Gasteiger partial charge in [-0.25, -0.2) is 0 Å². The summed E-state index contributed by atoms with van der Waals surface area (Å²) in [5.74, 6) is 0. The molecule has 0 aromatic heterocycles. The Balaban J connectivity index is -0.0000000183. The van der Waals surface area contributed by atoms with E-state index in [1.807, 2.05) is 0 Å². The van der Waals surface area contributed by atoms with Crippen LogP contribution in [-0.2, 0) is 0 Å². The molecule has 0 bridgehead atoms. The standard InChI is InChI=1S/C4H9Br.C3H4.Mg.2H/c1-2-3-4-5;1-3-2;;;/h2-4H2,1H3;1-2H2;;;/q;;+2;2*-1. The van der Waals surface area contributed by atoms with Crippen LogP contribution in [0.3, 0.4) is 0 Å². The van der Waals surface area contributed by atoms with Crippen LogP contribution in [0.15, 0.2) is 18.9 Å². The van der Waals surface area contributed by atoms with Gasteiger partial charge in [-0.2, -0.15) is 0 Å². The van der Waals surface area contributed by atoms with Crippen molar-refractivity contribution >= 4 is 39.0 Å². The zero-order chi connectivity index (χ0) is 6.83. The smallest absolute Gasteiger partial charge is 1.00 e. The van der Waals surface area contributed by atoms with Crippen LogP contribution in [0.5, 0.6) is 0 Å². The second-order valence-corrected chi connectivity index (χ2v) is 2.09. The molecule has 0 fully saturated rings. The fraction of sp³-hybridized carbons (Fsp3) is 0.571. The third-order valence-electron chi connectivity index (χ3n) is 0.487. The molecule has 0 spiro atoms. The molecule has 0 rings (SSSR count).